The van der Waals surface area contributed by atoms with E-state index in [-0.39, 0.29) is 39.5 Å². The summed E-state index contributed by atoms with van der Waals surface area (Å²) in [6.07, 6.45) is 9.78. The number of allylic oxidation sites excluding steroid dienone is 8. The Morgan fingerprint density at radius 1 is 1.12 bits per heavy atom. The van der Waals surface area contributed by atoms with Gasteiger partial charge in [-0.25, -0.2) is 0 Å². The predicted octanol–water partition coefficient (Wildman–Crippen LogP) is 5.14. The van der Waals surface area contributed by atoms with Gasteiger partial charge in [-0.15, -0.1) is 0 Å². The molecular formula is C21H19BrN2O2. The summed E-state index contributed by atoms with van der Waals surface area (Å²) in [7, 11) is 0. The lowest BCUT2D eigenvalue weighted by molar-refractivity contribution is 0.0982. The first-order valence-corrected chi connectivity index (χ1v) is 8.63. The number of halogens is 1. The van der Waals surface area contributed by atoms with Gasteiger partial charge in [-0.05, 0) is 41.1 Å². The van der Waals surface area contributed by atoms with Crippen LogP contribution in [0.15, 0.2) is 83.6 Å². The second-order valence-electron chi connectivity index (χ2n) is 5.45. The number of ketones is 2. The minimum absolute atomic E-state index is 0.158. The van der Waals surface area contributed by atoms with Crippen LogP contribution in [0.4, 0.5) is 11.4 Å². The lowest BCUT2D eigenvalue weighted by Gasteiger charge is -2.23. The first-order valence-electron chi connectivity index (χ1n) is 7.84. The Balaban J connectivity index is 2.80. The highest BCUT2D eigenvalue weighted by Crippen LogP contribution is 2.40. The molecule has 0 saturated carbocycles. The molecule has 0 unspecified atom stereocenters. The second-order valence-corrected chi connectivity index (χ2v) is 6.30. The number of Topliss-reactive ketones (excluding diaryl/α,β-unsaturated/α-hetero) is 2. The molecule has 0 spiro atoms. The smallest absolute Gasteiger partial charge is 0.196 e. The minimum atomic E-state index is -0.355. The minimum Gasteiger partial charge on any atom is -0.397 e. The molecule has 0 bridgehead atoms. The molecule has 1 aromatic rings. The van der Waals surface area contributed by atoms with E-state index in [9.17, 15) is 9.59 Å². The number of fused-ring (bicyclic) bond motifs is 1. The van der Waals surface area contributed by atoms with Gasteiger partial charge in [-0.3, -0.25) is 9.59 Å². The SMILES string of the molecule is C=C/C=C(\C=C/C)Nc1cc(Br)c(N)c2c1C(=O)C(C=C)=C(C=C)C2=O. The quantitative estimate of drug-likeness (QED) is 0.503. The van der Waals surface area contributed by atoms with E-state index in [4.69, 9.17) is 5.73 Å². The lowest BCUT2D eigenvalue weighted by Crippen LogP contribution is -2.24. The summed E-state index contributed by atoms with van der Waals surface area (Å²) in [5.41, 5.74) is 8.28. The van der Waals surface area contributed by atoms with Gasteiger partial charge >= 0.3 is 0 Å². The molecule has 4 nitrogen and oxygen atoms in total. The number of carbonyl (C=O) groups excluding carboxylic acids is 2. The Morgan fingerprint density at radius 2 is 1.69 bits per heavy atom. The average molecular weight is 411 g/mol. The number of anilines is 2. The summed E-state index contributed by atoms with van der Waals surface area (Å²) >= 11 is 3.37. The normalized spacial score (nSPS) is 14.5. The highest BCUT2D eigenvalue weighted by molar-refractivity contribution is 9.10. The average Bonchev–Trinajstić information content (AvgIpc) is 2.61. The van der Waals surface area contributed by atoms with Crippen molar-refractivity contribution in [3.8, 4) is 0 Å². The highest BCUT2D eigenvalue weighted by Gasteiger charge is 2.34. The van der Waals surface area contributed by atoms with Crippen LogP contribution in [0.25, 0.3) is 0 Å². The Kier molecular flexibility index (Phi) is 5.95. The van der Waals surface area contributed by atoms with Gasteiger partial charge < -0.3 is 11.1 Å². The van der Waals surface area contributed by atoms with Crippen LogP contribution in [-0.4, -0.2) is 11.6 Å². The third-order valence-electron chi connectivity index (χ3n) is 3.88. The van der Waals surface area contributed by atoms with Crippen molar-refractivity contribution in [2.45, 2.75) is 6.92 Å². The van der Waals surface area contributed by atoms with Crippen LogP contribution in [0.2, 0.25) is 0 Å². The number of rotatable bonds is 6. The fraction of sp³-hybridized carbons (Fsp3) is 0.0476. The molecule has 0 saturated heterocycles. The van der Waals surface area contributed by atoms with Crippen molar-refractivity contribution in [2.75, 3.05) is 11.1 Å². The van der Waals surface area contributed by atoms with Crippen LogP contribution >= 0.6 is 15.9 Å². The van der Waals surface area contributed by atoms with Crippen molar-refractivity contribution in [1.82, 2.24) is 0 Å². The van der Waals surface area contributed by atoms with Gasteiger partial charge in [0.2, 0.25) is 0 Å². The molecule has 0 atom stereocenters. The van der Waals surface area contributed by atoms with Gasteiger partial charge in [0.05, 0.1) is 22.5 Å². The van der Waals surface area contributed by atoms with E-state index in [0.717, 1.165) is 0 Å². The summed E-state index contributed by atoms with van der Waals surface area (Å²) < 4.78 is 0.517. The zero-order valence-electron chi connectivity index (χ0n) is 14.4. The van der Waals surface area contributed by atoms with E-state index in [0.29, 0.717) is 15.9 Å². The van der Waals surface area contributed by atoms with Gasteiger partial charge in [-0.2, -0.15) is 0 Å². The number of carbonyl (C=O) groups is 2. The van der Waals surface area contributed by atoms with Crippen molar-refractivity contribution >= 4 is 38.9 Å². The maximum absolute atomic E-state index is 13.0. The largest absolute Gasteiger partial charge is 0.397 e. The summed E-state index contributed by atoms with van der Waals surface area (Å²) in [5.74, 6) is -0.684. The van der Waals surface area contributed by atoms with Crippen LogP contribution in [0.3, 0.4) is 0 Å². The van der Waals surface area contributed by atoms with E-state index in [2.05, 4.69) is 41.0 Å². The molecular weight excluding hydrogens is 392 g/mol. The molecule has 1 aliphatic rings. The maximum Gasteiger partial charge on any atom is 0.196 e. The first-order chi connectivity index (χ1) is 12.4. The summed E-state index contributed by atoms with van der Waals surface area (Å²) in [6.45, 7) is 12.8. The van der Waals surface area contributed by atoms with Gasteiger partial charge in [0.25, 0.3) is 0 Å². The Hall–Kier alpha value is -2.92. The van der Waals surface area contributed by atoms with Crippen LogP contribution < -0.4 is 11.1 Å². The molecule has 1 aliphatic carbocycles. The standard InChI is InChI=1S/C21H19BrN2O2/c1-5-9-12(10-6-2)24-16-11-15(22)19(23)18-17(16)20(25)13(7-3)14(8-4)21(18)26/h5-11,24H,1,3-4,23H2,2H3/b10-6-,12-9+. The van der Waals surface area contributed by atoms with Crippen molar-refractivity contribution in [2.24, 2.45) is 0 Å². The van der Waals surface area contributed by atoms with Gasteiger partial charge in [0.1, 0.15) is 0 Å². The van der Waals surface area contributed by atoms with Crippen LogP contribution in [0, 0.1) is 0 Å². The molecule has 2 rings (SSSR count). The summed E-state index contributed by atoms with van der Waals surface area (Å²) in [6, 6.07) is 1.68. The zero-order chi connectivity index (χ0) is 19.4. The topological polar surface area (TPSA) is 72.2 Å². The number of benzene rings is 1. The van der Waals surface area contributed by atoms with Crippen molar-refractivity contribution in [1.29, 1.82) is 0 Å². The first kappa shape index (κ1) is 19.4. The summed E-state index contributed by atoms with van der Waals surface area (Å²) in [5, 5.41) is 3.17. The number of hydrogen-bond donors (Lipinski definition) is 2. The molecule has 0 amide bonds. The van der Waals surface area contributed by atoms with Crippen molar-refractivity contribution in [3.05, 3.63) is 94.7 Å². The Morgan fingerprint density at radius 3 is 2.19 bits per heavy atom. The molecule has 0 aromatic heterocycles. The second kappa shape index (κ2) is 7.97. The van der Waals surface area contributed by atoms with Gasteiger partial charge in [0.15, 0.2) is 11.6 Å². The lowest BCUT2D eigenvalue weighted by atomic mass is 9.82. The van der Waals surface area contributed by atoms with Gasteiger partial charge in [-0.1, -0.05) is 44.0 Å². The zero-order valence-corrected chi connectivity index (χ0v) is 16.0. The Bertz CT molecular complexity index is 934. The number of nitrogens with two attached hydrogens (primary N) is 1. The monoisotopic (exact) mass is 410 g/mol. The van der Waals surface area contributed by atoms with E-state index in [1.165, 1.54) is 12.2 Å². The van der Waals surface area contributed by atoms with Crippen molar-refractivity contribution in [3.63, 3.8) is 0 Å². The van der Waals surface area contributed by atoms with E-state index < -0.39 is 0 Å². The van der Waals surface area contributed by atoms with E-state index >= 15 is 0 Å². The molecule has 1 aromatic carbocycles. The number of hydrogen-bond acceptors (Lipinski definition) is 4. The van der Waals surface area contributed by atoms with Crippen LogP contribution in [0.5, 0.6) is 0 Å². The molecule has 0 heterocycles. The Labute approximate surface area is 161 Å². The fourth-order valence-corrected chi connectivity index (χ4v) is 3.18. The van der Waals surface area contributed by atoms with E-state index in [1.54, 1.807) is 18.2 Å². The molecule has 0 fully saturated rings. The van der Waals surface area contributed by atoms with Gasteiger partial charge in [0, 0.05) is 21.3 Å². The van der Waals surface area contributed by atoms with E-state index in [1.807, 2.05) is 19.1 Å². The summed E-state index contributed by atoms with van der Waals surface area (Å²) in [4.78, 5) is 26.0. The molecule has 3 N–H and O–H groups in total. The van der Waals surface area contributed by atoms with Crippen molar-refractivity contribution < 1.29 is 9.59 Å². The predicted molar refractivity (Wildman–Crippen MR) is 111 cm³/mol. The third kappa shape index (κ3) is 3.26. The molecule has 0 aliphatic heterocycles. The maximum atomic E-state index is 13.0. The number of nitrogens with one attached hydrogen (secondary N) is 1. The molecule has 5 heteroatoms. The molecule has 26 heavy (non-hydrogen) atoms. The molecule has 132 valence electrons. The molecule has 0 radical (unpaired) electrons. The third-order valence-corrected chi connectivity index (χ3v) is 4.54. The fourth-order valence-electron chi connectivity index (χ4n) is 2.76. The van der Waals surface area contributed by atoms with Crippen LogP contribution in [0.1, 0.15) is 27.6 Å². The number of nitrogen functional groups attached to an aromatic ring is 1. The highest BCUT2D eigenvalue weighted by atomic mass is 79.9. The van der Waals surface area contributed by atoms with Crippen LogP contribution in [-0.2, 0) is 0 Å².